The Morgan fingerprint density at radius 1 is 1.36 bits per heavy atom. The molecule has 2 aromatic rings. The first-order valence-electron chi connectivity index (χ1n) is 4.37. The highest BCUT2D eigenvalue weighted by Gasteiger charge is 2.11. The van der Waals surface area contributed by atoms with Crippen molar-refractivity contribution in [2.24, 2.45) is 0 Å². The van der Waals surface area contributed by atoms with Gasteiger partial charge in [0.25, 0.3) is 0 Å². The molecule has 0 aliphatic heterocycles. The number of hydrogen-bond acceptors (Lipinski definition) is 3. The number of aryl methyl sites for hydroxylation is 1. The summed E-state index contributed by atoms with van der Waals surface area (Å²) in [6, 6.07) is 6.53. The zero-order valence-electron chi connectivity index (χ0n) is 8.46. The maximum Gasteiger partial charge on any atom is 0.188 e. The lowest BCUT2D eigenvalue weighted by Gasteiger charge is -1.98. The molecule has 1 nitrogen and oxygen atoms in total. The van der Waals surface area contributed by atoms with Crippen LogP contribution in [0.15, 0.2) is 23.1 Å². The first kappa shape index (κ1) is 9.87. The van der Waals surface area contributed by atoms with Gasteiger partial charge in [0.05, 0.1) is 12.0 Å². The second kappa shape index (κ2) is 3.83. The van der Waals surface area contributed by atoms with E-state index >= 15 is 0 Å². The molecule has 1 aromatic carbocycles. The monoisotopic (exact) mass is 224 g/mol. The van der Waals surface area contributed by atoms with Gasteiger partial charge in [0.2, 0.25) is 0 Å². The minimum Gasteiger partial charge on any atom is -0.486 e. The molecule has 0 saturated carbocycles. The summed E-state index contributed by atoms with van der Waals surface area (Å²) in [6.07, 6.45) is 2.09. The molecule has 0 aliphatic carbocycles. The summed E-state index contributed by atoms with van der Waals surface area (Å²) >= 11 is 3.46. The third kappa shape index (κ3) is 1.51. The maximum absolute atomic E-state index is 5.36. The molecule has 1 heterocycles. The molecule has 1 aromatic heterocycles. The maximum atomic E-state index is 5.36. The van der Waals surface area contributed by atoms with Crippen molar-refractivity contribution in [3.8, 4) is 5.06 Å². The second-order valence-corrected chi connectivity index (χ2v) is 4.96. The third-order valence-electron chi connectivity index (χ3n) is 2.16. The lowest BCUT2D eigenvalue weighted by Crippen LogP contribution is -1.79. The minimum absolute atomic E-state index is 1.03. The smallest absolute Gasteiger partial charge is 0.188 e. The van der Waals surface area contributed by atoms with Crippen molar-refractivity contribution >= 4 is 33.2 Å². The summed E-state index contributed by atoms with van der Waals surface area (Å²) in [7, 11) is 1.73. The van der Waals surface area contributed by atoms with Gasteiger partial charge in [-0.1, -0.05) is 23.0 Å². The Bertz CT molecular complexity index is 460. The highest BCUT2D eigenvalue weighted by molar-refractivity contribution is 7.99. The van der Waals surface area contributed by atoms with Gasteiger partial charge in [0.1, 0.15) is 0 Å². The fourth-order valence-corrected chi connectivity index (χ4v) is 3.47. The van der Waals surface area contributed by atoms with Gasteiger partial charge in [-0.2, -0.15) is 0 Å². The van der Waals surface area contributed by atoms with Crippen LogP contribution in [0, 0.1) is 6.92 Å². The molecular weight excluding hydrogens is 212 g/mol. The van der Waals surface area contributed by atoms with Crippen LogP contribution in [0.4, 0.5) is 0 Å². The van der Waals surface area contributed by atoms with Crippen LogP contribution in [-0.4, -0.2) is 13.4 Å². The summed E-state index contributed by atoms with van der Waals surface area (Å²) in [5.74, 6) is 0. The molecular formula is C11H12OS2. The van der Waals surface area contributed by atoms with E-state index in [1.165, 1.54) is 20.5 Å². The quantitative estimate of drug-likeness (QED) is 0.715. The Labute approximate surface area is 92.1 Å². The Morgan fingerprint density at radius 3 is 2.79 bits per heavy atom. The van der Waals surface area contributed by atoms with Crippen molar-refractivity contribution in [1.82, 2.24) is 0 Å². The van der Waals surface area contributed by atoms with E-state index in [4.69, 9.17) is 4.74 Å². The van der Waals surface area contributed by atoms with E-state index in [1.54, 1.807) is 30.2 Å². The van der Waals surface area contributed by atoms with E-state index in [9.17, 15) is 0 Å². The SMILES string of the molecule is COc1sc2ccc(C)cc2c1SC. The minimum atomic E-state index is 1.03. The molecule has 0 radical (unpaired) electrons. The van der Waals surface area contributed by atoms with Gasteiger partial charge in [-0.05, 0) is 25.3 Å². The Kier molecular flexibility index (Phi) is 2.70. The number of methoxy groups -OCH3 is 1. The van der Waals surface area contributed by atoms with Gasteiger partial charge in [0, 0.05) is 10.1 Å². The van der Waals surface area contributed by atoms with Crippen LogP contribution in [0.3, 0.4) is 0 Å². The van der Waals surface area contributed by atoms with Crippen LogP contribution in [-0.2, 0) is 0 Å². The van der Waals surface area contributed by atoms with Crippen molar-refractivity contribution in [1.29, 1.82) is 0 Å². The molecule has 0 atom stereocenters. The highest BCUT2D eigenvalue weighted by atomic mass is 32.2. The fraction of sp³-hybridized carbons (Fsp3) is 0.273. The third-order valence-corrected chi connectivity index (χ3v) is 4.23. The summed E-state index contributed by atoms with van der Waals surface area (Å²) in [6.45, 7) is 2.12. The molecule has 0 saturated heterocycles. The molecule has 3 heteroatoms. The zero-order chi connectivity index (χ0) is 10.1. The van der Waals surface area contributed by atoms with Gasteiger partial charge in [-0.25, -0.2) is 0 Å². The van der Waals surface area contributed by atoms with Crippen LogP contribution in [0.5, 0.6) is 5.06 Å². The fourth-order valence-electron chi connectivity index (χ4n) is 1.49. The van der Waals surface area contributed by atoms with Crippen LogP contribution >= 0.6 is 23.1 Å². The normalized spacial score (nSPS) is 10.8. The van der Waals surface area contributed by atoms with E-state index in [0.717, 1.165) is 5.06 Å². The van der Waals surface area contributed by atoms with Gasteiger partial charge < -0.3 is 4.74 Å². The van der Waals surface area contributed by atoms with Crippen molar-refractivity contribution in [2.75, 3.05) is 13.4 Å². The summed E-state index contributed by atoms with van der Waals surface area (Å²) < 4.78 is 6.66. The number of thioether (sulfide) groups is 1. The van der Waals surface area contributed by atoms with Crippen LogP contribution in [0.2, 0.25) is 0 Å². The van der Waals surface area contributed by atoms with E-state index in [1.807, 2.05) is 0 Å². The Morgan fingerprint density at radius 2 is 2.14 bits per heavy atom. The molecule has 0 spiro atoms. The first-order valence-corrected chi connectivity index (χ1v) is 6.41. The van der Waals surface area contributed by atoms with Gasteiger partial charge in [-0.3, -0.25) is 0 Å². The van der Waals surface area contributed by atoms with Gasteiger partial charge in [0.15, 0.2) is 5.06 Å². The molecule has 0 aliphatic rings. The number of thiophene rings is 1. The second-order valence-electron chi connectivity index (χ2n) is 3.13. The van der Waals surface area contributed by atoms with Crippen LogP contribution < -0.4 is 4.74 Å². The Balaban J connectivity index is 2.74. The van der Waals surface area contributed by atoms with E-state index in [0.29, 0.717) is 0 Å². The molecule has 0 N–H and O–H groups in total. The summed E-state index contributed by atoms with van der Waals surface area (Å²) in [5, 5.41) is 2.34. The highest BCUT2D eigenvalue weighted by Crippen LogP contribution is 2.42. The standard InChI is InChI=1S/C11H12OS2/c1-7-4-5-9-8(6-7)10(13-3)11(12-2)14-9/h4-6H,1-3H3. The average molecular weight is 224 g/mol. The molecule has 0 fully saturated rings. The summed E-state index contributed by atoms with van der Waals surface area (Å²) in [5.41, 5.74) is 1.30. The van der Waals surface area contributed by atoms with Crippen molar-refractivity contribution in [3.05, 3.63) is 23.8 Å². The van der Waals surface area contributed by atoms with Crippen molar-refractivity contribution < 1.29 is 4.74 Å². The number of fused-ring (bicyclic) bond motifs is 1. The summed E-state index contributed by atoms with van der Waals surface area (Å²) in [4.78, 5) is 1.26. The zero-order valence-corrected chi connectivity index (χ0v) is 10.1. The van der Waals surface area contributed by atoms with Gasteiger partial charge in [-0.15, -0.1) is 11.8 Å². The molecule has 0 amide bonds. The van der Waals surface area contributed by atoms with Crippen molar-refractivity contribution in [3.63, 3.8) is 0 Å². The number of ether oxygens (including phenoxy) is 1. The van der Waals surface area contributed by atoms with Gasteiger partial charge >= 0.3 is 0 Å². The average Bonchev–Trinajstić information content (AvgIpc) is 2.54. The lowest BCUT2D eigenvalue weighted by molar-refractivity contribution is 0.419. The van der Waals surface area contributed by atoms with Crippen LogP contribution in [0.25, 0.3) is 10.1 Å². The predicted molar refractivity (Wildman–Crippen MR) is 64.9 cm³/mol. The first-order chi connectivity index (χ1) is 6.76. The van der Waals surface area contributed by atoms with E-state index in [-0.39, 0.29) is 0 Å². The molecule has 0 unspecified atom stereocenters. The van der Waals surface area contributed by atoms with E-state index < -0.39 is 0 Å². The Hall–Kier alpha value is -0.670. The molecule has 2 rings (SSSR count). The van der Waals surface area contributed by atoms with Crippen LogP contribution in [0.1, 0.15) is 5.56 Å². The lowest BCUT2D eigenvalue weighted by atomic mass is 10.2. The molecule has 0 bridgehead atoms. The van der Waals surface area contributed by atoms with E-state index in [2.05, 4.69) is 31.4 Å². The number of benzene rings is 1. The van der Waals surface area contributed by atoms with Crippen molar-refractivity contribution in [2.45, 2.75) is 11.8 Å². The molecule has 74 valence electrons. The topological polar surface area (TPSA) is 9.23 Å². The predicted octanol–water partition coefficient (Wildman–Crippen LogP) is 3.94. The number of rotatable bonds is 2. The number of hydrogen-bond donors (Lipinski definition) is 0. The molecule has 14 heavy (non-hydrogen) atoms. The largest absolute Gasteiger partial charge is 0.486 e.